The molecule has 0 spiro atoms. The van der Waals surface area contributed by atoms with Gasteiger partial charge in [0.05, 0.1) is 5.69 Å². The normalized spacial score (nSPS) is 12.5. The molecule has 5 heteroatoms. The molecule has 1 amide bonds. The number of rotatable bonds is 3. The minimum Gasteiger partial charge on any atom is -0.351 e. The predicted octanol–water partition coefficient (Wildman–Crippen LogP) is 1.34. The highest BCUT2D eigenvalue weighted by atomic mass is 35.5. The van der Waals surface area contributed by atoms with E-state index in [0.717, 1.165) is 0 Å². The Kier molecular flexibility index (Phi) is 3.31. The molecule has 72 valence electrons. The van der Waals surface area contributed by atoms with Gasteiger partial charge in [0, 0.05) is 18.0 Å². The third-order valence-electron chi connectivity index (χ3n) is 1.46. The number of carbonyl (C=O) groups excluding carboxylic acids is 1. The topological polar surface area (TPSA) is 55.1 Å². The zero-order valence-electron chi connectivity index (χ0n) is 7.50. The zero-order chi connectivity index (χ0) is 9.84. The van der Waals surface area contributed by atoms with Crippen LogP contribution in [0.15, 0.2) is 10.6 Å². The minimum absolute atomic E-state index is 0.0698. The predicted molar refractivity (Wildman–Crippen MR) is 48.9 cm³/mol. The first-order valence-electron chi connectivity index (χ1n) is 3.93. The van der Waals surface area contributed by atoms with Gasteiger partial charge in [-0.15, -0.1) is 11.6 Å². The van der Waals surface area contributed by atoms with Gasteiger partial charge in [0.2, 0.25) is 5.76 Å². The van der Waals surface area contributed by atoms with Crippen LogP contribution in [0.2, 0.25) is 0 Å². The summed E-state index contributed by atoms with van der Waals surface area (Å²) in [7, 11) is 0. The average Bonchev–Trinajstić information content (AvgIpc) is 2.51. The number of hydrogen-bond donors (Lipinski definition) is 1. The van der Waals surface area contributed by atoms with Crippen LogP contribution >= 0.6 is 11.6 Å². The maximum Gasteiger partial charge on any atom is 0.290 e. The second kappa shape index (κ2) is 4.28. The molecule has 0 aromatic carbocycles. The molecular formula is C8H11ClN2O2. The molecule has 0 saturated carbocycles. The number of aromatic nitrogens is 1. The number of alkyl halides is 1. The first-order valence-corrected chi connectivity index (χ1v) is 4.47. The summed E-state index contributed by atoms with van der Waals surface area (Å²) >= 11 is 5.53. The van der Waals surface area contributed by atoms with Crippen molar-refractivity contribution in [2.75, 3.05) is 5.88 Å². The number of nitrogens with zero attached hydrogens (tertiary/aromatic N) is 1. The molecule has 1 rings (SSSR count). The van der Waals surface area contributed by atoms with Crippen molar-refractivity contribution in [3.63, 3.8) is 0 Å². The van der Waals surface area contributed by atoms with Crippen molar-refractivity contribution in [2.45, 2.75) is 19.9 Å². The van der Waals surface area contributed by atoms with Crippen molar-refractivity contribution in [3.8, 4) is 0 Å². The number of halogens is 1. The highest BCUT2D eigenvalue weighted by molar-refractivity contribution is 6.18. The van der Waals surface area contributed by atoms with Crippen LogP contribution in [0.25, 0.3) is 0 Å². The molecule has 1 aromatic heterocycles. The Morgan fingerprint density at radius 3 is 3.00 bits per heavy atom. The molecule has 1 heterocycles. The summed E-state index contributed by atoms with van der Waals surface area (Å²) in [5.41, 5.74) is 0.684. The Balaban J connectivity index is 2.58. The molecule has 0 radical (unpaired) electrons. The molecule has 0 bridgehead atoms. The molecule has 0 aliphatic carbocycles. The number of aryl methyl sites for hydroxylation is 1. The molecule has 1 atom stereocenters. The van der Waals surface area contributed by atoms with Crippen molar-refractivity contribution >= 4 is 17.5 Å². The van der Waals surface area contributed by atoms with E-state index in [2.05, 4.69) is 10.5 Å². The minimum atomic E-state index is -0.284. The van der Waals surface area contributed by atoms with Crippen LogP contribution in [-0.4, -0.2) is 23.0 Å². The Bertz CT molecular complexity index is 298. The van der Waals surface area contributed by atoms with E-state index in [0.29, 0.717) is 11.6 Å². The molecule has 0 saturated heterocycles. The first kappa shape index (κ1) is 10.1. The summed E-state index contributed by atoms with van der Waals surface area (Å²) in [5.74, 6) is 0.307. The van der Waals surface area contributed by atoms with Crippen molar-refractivity contribution in [1.29, 1.82) is 0 Å². The number of nitrogens with one attached hydrogen (secondary N) is 1. The number of hydrogen-bond acceptors (Lipinski definition) is 3. The van der Waals surface area contributed by atoms with Crippen LogP contribution in [0.3, 0.4) is 0 Å². The van der Waals surface area contributed by atoms with E-state index in [1.807, 2.05) is 6.92 Å². The van der Waals surface area contributed by atoms with Gasteiger partial charge in [-0.05, 0) is 13.8 Å². The lowest BCUT2D eigenvalue weighted by atomic mass is 10.3. The van der Waals surface area contributed by atoms with Crippen LogP contribution in [0.1, 0.15) is 23.2 Å². The second-order valence-corrected chi connectivity index (χ2v) is 3.17. The summed E-state index contributed by atoms with van der Waals surface area (Å²) in [6.45, 7) is 3.57. The van der Waals surface area contributed by atoms with Crippen LogP contribution < -0.4 is 5.32 Å². The van der Waals surface area contributed by atoms with E-state index in [9.17, 15) is 4.79 Å². The third kappa shape index (κ3) is 2.73. The summed E-state index contributed by atoms with van der Waals surface area (Å²) < 4.78 is 4.77. The van der Waals surface area contributed by atoms with E-state index in [4.69, 9.17) is 16.1 Å². The molecular weight excluding hydrogens is 192 g/mol. The van der Waals surface area contributed by atoms with Gasteiger partial charge in [0.25, 0.3) is 5.91 Å². The molecule has 0 aliphatic rings. The summed E-state index contributed by atoms with van der Waals surface area (Å²) in [6.07, 6.45) is 0. The fourth-order valence-electron chi connectivity index (χ4n) is 0.804. The Labute approximate surface area is 81.2 Å². The number of carbonyl (C=O) groups is 1. The second-order valence-electron chi connectivity index (χ2n) is 2.86. The fourth-order valence-corrected chi connectivity index (χ4v) is 0.881. The van der Waals surface area contributed by atoms with Gasteiger partial charge in [0.15, 0.2) is 0 Å². The van der Waals surface area contributed by atoms with Crippen molar-refractivity contribution in [2.24, 2.45) is 0 Å². The van der Waals surface area contributed by atoms with E-state index < -0.39 is 0 Å². The van der Waals surface area contributed by atoms with Crippen LogP contribution in [-0.2, 0) is 0 Å². The van der Waals surface area contributed by atoms with Crippen LogP contribution in [0, 0.1) is 6.92 Å². The Morgan fingerprint density at radius 1 is 1.85 bits per heavy atom. The van der Waals surface area contributed by atoms with Gasteiger partial charge in [-0.25, -0.2) is 0 Å². The van der Waals surface area contributed by atoms with Gasteiger partial charge in [0.1, 0.15) is 0 Å². The van der Waals surface area contributed by atoms with Gasteiger partial charge < -0.3 is 9.84 Å². The molecule has 13 heavy (non-hydrogen) atoms. The van der Waals surface area contributed by atoms with Gasteiger partial charge in [-0.1, -0.05) is 5.16 Å². The molecule has 1 aromatic rings. The van der Waals surface area contributed by atoms with E-state index in [1.165, 1.54) is 0 Å². The lowest BCUT2D eigenvalue weighted by molar-refractivity contribution is 0.0906. The third-order valence-corrected chi connectivity index (χ3v) is 1.92. The quantitative estimate of drug-likeness (QED) is 0.753. The van der Waals surface area contributed by atoms with Crippen LogP contribution in [0.4, 0.5) is 0 Å². The maximum atomic E-state index is 11.3. The van der Waals surface area contributed by atoms with Gasteiger partial charge >= 0.3 is 0 Å². The zero-order valence-corrected chi connectivity index (χ0v) is 8.26. The van der Waals surface area contributed by atoms with E-state index in [-0.39, 0.29) is 17.7 Å². The van der Waals surface area contributed by atoms with Gasteiger partial charge in [-0.2, -0.15) is 0 Å². The summed E-state index contributed by atoms with van der Waals surface area (Å²) in [5, 5.41) is 6.26. The highest BCUT2D eigenvalue weighted by Gasteiger charge is 2.13. The van der Waals surface area contributed by atoms with Crippen molar-refractivity contribution in [1.82, 2.24) is 10.5 Å². The molecule has 0 aliphatic heterocycles. The SMILES string of the molecule is Cc1cc(C(=O)NC(C)CCl)on1. The average molecular weight is 203 g/mol. The molecule has 4 nitrogen and oxygen atoms in total. The monoisotopic (exact) mass is 202 g/mol. The highest BCUT2D eigenvalue weighted by Crippen LogP contribution is 2.02. The van der Waals surface area contributed by atoms with Crippen molar-refractivity contribution in [3.05, 3.63) is 17.5 Å². The summed E-state index contributed by atoms with van der Waals surface area (Å²) in [6, 6.07) is 1.51. The molecule has 1 N–H and O–H groups in total. The fraction of sp³-hybridized carbons (Fsp3) is 0.500. The van der Waals surface area contributed by atoms with Crippen LogP contribution in [0.5, 0.6) is 0 Å². The first-order chi connectivity index (χ1) is 6.13. The van der Waals surface area contributed by atoms with Gasteiger partial charge in [-0.3, -0.25) is 4.79 Å². The lowest BCUT2D eigenvalue weighted by Crippen LogP contribution is -2.33. The molecule has 1 unspecified atom stereocenters. The smallest absolute Gasteiger partial charge is 0.290 e. The lowest BCUT2D eigenvalue weighted by Gasteiger charge is -2.07. The van der Waals surface area contributed by atoms with E-state index >= 15 is 0 Å². The summed E-state index contributed by atoms with van der Waals surface area (Å²) in [4.78, 5) is 11.3. The van der Waals surface area contributed by atoms with E-state index in [1.54, 1.807) is 13.0 Å². The maximum absolute atomic E-state index is 11.3. The number of amides is 1. The molecule has 0 fully saturated rings. The standard InChI is InChI=1S/C8H11ClN2O2/c1-5-3-7(13-11-5)8(12)10-6(2)4-9/h3,6H,4H2,1-2H3,(H,10,12). The Hall–Kier alpha value is -1.03. The van der Waals surface area contributed by atoms with Crippen molar-refractivity contribution < 1.29 is 9.32 Å². The largest absolute Gasteiger partial charge is 0.351 e. The Morgan fingerprint density at radius 2 is 2.54 bits per heavy atom.